The van der Waals surface area contributed by atoms with Gasteiger partial charge >= 0.3 is 6.36 Å². The zero-order chi connectivity index (χ0) is 22.9. The molecule has 164 valence electrons. The monoisotopic (exact) mass is 462 g/mol. The summed E-state index contributed by atoms with van der Waals surface area (Å²) in [5, 5.41) is 4.51. The van der Waals surface area contributed by atoms with Crippen LogP contribution >= 0.6 is 11.3 Å². The van der Waals surface area contributed by atoms with Crippen molar-refractivity contribution in [1.82, 2.24) is 4.90 Å². The molecule has 1 aliphatic heterocycles. The lowest BCUT2D eigenvalue weighted by Gasteiger charge is -2.15. The van der Waals surface area contributed by atoms with Crippen molar-refractivity contribution in [3.05, 3.63) is 88.0 Å². The Hall–Kier alpha value is -3.66. The highest BCUT2D eigenvalue weighted by molar-refractivity contribution is 7.11. The summed E-state index contributed by atoms with van der Waals surface area (Å²) in [6.07, 6.45) is -4.87. The molecular formula is C22H14F4N2O3S. The molecular weight excluding hydrogens is 448 g/mol. The van der Waals surface area contributed by atoms with Gasteiger partial charge in [0.25, 0.3) is 11.8 Å². The van der Waals surface area contributed by atoms with Gasteiger partial charge in [0.1, 0.15) is 17.3 Å². The molecule has 0 fully saturated rings. The molecule has 0 saturated heterocycles. The smallest absolute Gasteiger partial charge is 0.406 e. The molecule has 5 nitrogen and oxygen atoms in total. The van der Waals surface area contributed by atoms with Gasteiger partial charge in [-0.3, -0.25) is 14.5 Å². The lowest BCUT2D eigenvalue weighted by molar-refractivity contribution is -0.274. The van der Waals surface area contributed by atoms with Crippen LogP contribution in [0.2, 0.25) is 0 Å². The third-order valence-electron chi connectivity index (χ3n) is 4.53. The first-order valence-corrected chi connectivity index (χ1v) is 10.1. The van der Waals surface area contributed by atoms with Gasteiger partial charge in [-0.2, -0.15) is 0 Å². The molecule has 0 radical (unpaired) electrons. The van der Waals surface area contributed by atoms with E-state index in [4.69, 9.17) is 0 Å². The molecule has 0 saturated carbocycles. The highest BCUT2D eigenvalue weighted by Gasteiger charge is 2.39. The zero-order valence-corrected chi connectivity index (χ0v) is 17.0. The summed E-state index contributed by atoms with van der Waals surface area (Å²) in [6.45, 7) is -0.0881. The highest BCUT2D eigenvalue weighted by atomic mass is 32.1. The number of thiophene rings is 1. The fraction of sp³-hybridized carbons (Fsp3) is 0.0909. The number of nitrogens with zero attached hydrogens (tertiary/aromatic N) is 1. The molecule has 0 bridgehead atoms. The maximum Gasteiger partial charge on any atom is 0.573 e. The molecule has 2 heterocycles. The van der Waals surface area contributed by atoms with Crippen molar-refractivity contribution in [2.45, 2.75) is 12.9 Å². The van der Waals surface area contributed by atoms with E-state index in [2.05, 4.69) is 10.1 Å². The molecule has 1 aliphatic rings. The van der Waals surface area contributed by atoms with Crippen molar-refractivity contribution in [3.8, 4) is 5.75 Å². The number of hydrogen-bond donors (Lipinski definition) is 1. The number of carbonyl (C=O) groups excluding carboxylic acids is 2. The van der Waals surface area contributed by atoms with Crippen molar-refractivity contribution in [2.24, 2.45) is 0 Å². The van der Waals surface area contributed by atoms with Gasteiger partial charge in [-0.25, -0.2) is 4.39 Å². The summed E-state index contributed by atoms with van der Waals surface area (Å²) >= 11 is 1.24. The number of benzene rings is 2. The van der Waals surface area contributed by atoms with Gasteiger partial charge in [-0.1, -0.05) is 24.3 Å². The van der Waals surface area contributed by atoms with E-state index in [9.17, 15) is 27.2 Å². The van der Waals surface area contributed by atoms with Gasteiger partial charge in [-0.15, -0.1) is 24.5 Å². The number of rotatable bonds is 6. The predicted octanol–water partition coefficient (Wildman–Crippen LogP) is 5.18. The molecule has 0 spiro atoms. The van der Waals surface area contributed by atoms with Gasteiger partial charge in [-0.05, 0) is 41.3 Å². The summed E-state index contributed by atoms with van der Waals surface area (Å²) in [5.41, 5.74) is 0.721. The third-order valence-corrected chi connectivity index (χ3v) is 5.41. The van der Waals surface area contributed by atoms with Crippen molar-refractivity contribution >= 4 is 34.4 Å². The highest BCUT2D eigenvalue weighted by Crippen LogP contribution is 2.34. The van der Waals surface area contributed by atoms with Crippen LogP contribution in [0.4, 0.5) is 23.2 Å². The van der Waals surface area contributed by atoms with E-state index in [1.54, 1.807) is 17.5 Å². The Labute approximate surface area is 183 Å². The van der Waals surface area contributed by atoms with Crippen LogP contribution in [0.1, 0.15) is 10.4 Å². The molecule has 0 atom stereocenters. The Bertz CT molecular complexity index is 1190. The zero-order valence-electron chi connectivity index (χ0n) is 16.2. The normalized spacial score (nSPS) is 14.3. The first-order chi connectivity index (χ1) is 15.2. The Kier molecular flexibility index (Phi) is 5.70. The minimum Gasteiger partial charge on any atom is -0.406 e. The number of alkyl halides is 3. The van der Waals surface area contributed by atoms with Crippen LogP contribution in [-0.2, 0) is 16.1 Å². The van der Waals surface area contributed by atoms with Crippen LogP contribution in [-0.4, -0.2) is 23.1 Å². The molecule has 32 heavy (non-hydrogen) atoms. The Morgan fingerprint density at radius 2 is 1.72 bits per heavy atom. The SMILES string of the molecule is O=C1C(Nc2cccc(OC(F)(F)F)c2)=C(c2cccs2)C(=O)N1Cc1ccc(F)cc1. The Balaban J connectivity index is 1.66. The van der Waals surface area contributed by atoms with Crippen molar-refractivity contribution in [3.63, 3.8) is 0 Å². The van der Waals surface area contributed by atoms with Crippen molar-refractivity contribution < 1.29 is 31.9 Å². The number of hydrogen-bond acceptors (Lipinski definition) is 5. The quantitative estimate of drug-likeness (QED) is 0.405. The van der Waals surface area contributed by atoms with Crippen LogP contribution in [0.25, 0.3) is 5.57 Å². The molecule has 0 unspecified atom stereocenters. The second kappa shape index (κ2) is 8.46. The molecule has 2 aromatic carbocycles. The number of anilines is 1. The lowest BCUT2D eigenvalue weighted by atomic mass is 10.1. The summed E-state index contributed by atoms with van der Waals surface area (Å²) < 4.78 is 54.7. The van der Waals surface area contributed by atoms with Crippen molar-refractivity contribution in [2.75, 3.05) is 5.32 Å². The molecule has 2 amide bonds. The van der Waals surface area contributed by atoms with E-state index in [1.165, 1.54) is 47.7 Å². The van der Waals surface area contributed by atoms with E-state index in [-0.39, 0.29) is 23.5 Å². The number of nitrogens with one attached hydrogen (secondary N) is 1. The summed E-state index contributed by atoms with van der Waals surface area (Å²) in [5.74, 6) is -2.13. The van der Waals surface area contributed by atoms with Gasteiger partial charge in [0.15, 0.2) is 0 Å². The topological polar surface area (TPSA) is 58.6 Å². The van der Waals surface area contributed by atoms with Gasteiger partial charge < -0.3 is 10.1 Å². The van der Waals surface area contributed by atoms with Crippen LogP contribution in [0.3, 0.4) is 0 Å². The maximum absolute atomic E-state index is 13.2. The molecule has 1 N–H and O–H groups in total. The molecule has 1 aromatic heterocycles. The van der Waals surface area contributed by atoms with Gasteiger partial charge in [0, 0.05) is 16.6 Å². The van der Waals surface area contributed by atoms with E-state index < -0.39 is 29.7 Å². The first-order valence-electron chi connectivity index (χ1n) is 9.23. The Morgan fingerprint density at radius 3 is 2.38 bits per heavy atom. The number of amides is 2. The molecule has 4 rings (SSSR count). The average Bonchev–Trinajstić information content (AvgIpc) is 3.32. The van der Waals surface area contributed by atoms with E-state index in [0.717, 1.165) is 17.0 Å². The summed E-state index contributed by atoms with van der Waals surface area (Å²) in [6, 6.07) is 13.7. The van der Waals surface area contributed by atoms with Gasteiger partial charge in [0.2, 0.25) is 0 Å². The predicted molar refractivity (Wildman–Crippen MR) is 110 cm³/mol. The number of halogens is 4. The molecule has 3 aromatic rings. The minimum atomic E-state index is -4.87. The molecule has 10 heteroatoms. The minimum absolute atomic E-state index is 0.0660. The number of carbonyl (C=O) groups is 2. The fourth-order valence-electron chi connectivity index (χ4n) is 3.17. The summed E-state index contributed by atoms with van der Waals surface area (Å²) in [7, 11) is 0. The third kappa shape index (κ3) is 4.65. The van der Waals surface area contributed by atoms with Gasteiger partial charge in [0.05, 0.1) is 12.1 Å². The lowest BCUT2D eigenvalue weighted by Crippen LogP contribution is -2.31. The maximum atomic E-state index is 13.2. The second-order valence-corrected chi connectivity index (χ2v) is 7.70. The van der Waals surface area contributed by atoms with E-state index in [0.29, 0.717) is 10.4 Å². The molecule has 0 aliphatic carbocycles. The number of ether oxygens (including phenoxy) is 1. The first kappa shape index (κ1) is 21.6. The second-order valence-electron chi connectivity index (χ2n) is 6.75. The fourth-order valence-corrected chi connectivity index (χ4v) is 3.94. The largest absolute Gasteiger partial charge is 0.573 e. The van der Waals surface area contributed by atoms with Crippen LogP contribution < -0.4 is 10.1 Å². The number of imide groups is 1. The Morgan fingerprint density at radius 1 is 0.969 bits per heavy atom. The van der Waals surface area contributed by atoms with Crippen LogP contribution in [0.5, 0.6) is 5.75 Å². The van der Waals surface area contributed by atoms with E-state index in [1.807, 2.05) is 0 Å². The van der Waals surface area contributed by atoms with Crippen molar-refractivity contribution in [1.29, 1.82) is 0 Å². The van der Waals surface area contributed by atoms with Crippen LogP contribution in [0.15, 0.2) is 71.7 Å². The average molecular weight is 462 g/mol. The van der Waals surface area contributed by atoms with Crippen LogP contribution in [0, 0.1) is 5.82 Å². The standard InChI is InChI=1S/C22H14F4N2O3S/c23-14-8-6-13(7-9-14)12-28-20(29)18(17-5-2-10-32-17)19(21(28)30)27-15-3-1-4-16(11-15)31-22(24,25)26/h1-11,27H,12H2. The van der Waals surface area contributed by atoms with E-state index >= 15 is 0 Å². The summed E-state index contributed by atoms with van der Waals surface area (Å²) in [4.78, 5) is 27.7.